The highest BCUT2D eigenvalue weighted by molar-refractivity contribution is 5.69. The van der Waals surface area contributed by atoms with E-state index in [0.717, 1.165) is 12.8 Å². The standard InChI is InChI=1S/C17H32O4/c1-3-4-5-6-7-8-9-10-11-12-17(18)20-14-16-13-19-15(2)21-16/h15-16H,3-14H2,1-2H3. The van der Waals surface area contributed by atoms with Gasteiger partial charge in [0, 0.05) is 6.42 Å². The first-order valence-electron chi connectivity index (χ1n) is 8.65. The van der Waals surface area contributed by atoms with Crippen LogP contribution < -0.4 is 0 Å². The zero-order valence-corrected chi connectivity index (χ0v) is 13.8. The minimum Gasteiger partial charge on any atom is -0.463 e. The molecule has 0 amide bonds. The predicted molar refractivity (Wildman–Crippen MR) is 83.1 cm³/mol. The lowest BCUT2D eigenvalue weighted by Gasteiger charge is -2.09. The third kappa shape index (κ3) is 9.86. The van der Waals surface area contributed by atoms with Gasteiger partial charge in [0.25, 0.3) is 0 Å². The fraction of sp³-hybridized carbons (Fsp3) is 0.941. The first kappa shape index (κ1) is 18.4. The summed E-state index contributed by atoms with van der Waals surface area (Å²) in [7, 11) is 0. The van der Waals surface area contributed by atoms with E-state index in [1.165, 1.54) is 44.9 Å². The maximum atomic E-state index is 11.6. The summed E-state index contributed by atoms with van der Waals surface area (Å²) in [5.74, 6) is -0.110. The van der Waals surface area contributed by atoms with Crippen LogP contribution in [0.4, 0.5) is 0 Å². The molecule has 0 aromatic heterocycles. The molecule has 4 heteroatoms. The number of esters is 1. The van der Waals surface area contributed by atoms with Crippen molar-refractivity contribution >= 4 is 5.97 Å². The molecule has 4 nitrogen and oxygen atoms in total. The van der Waals surface area contributed by atoms with E-state index >= 15 is 0 Å². The molecule has 1 aliphatic rings. The molecule has 21 heavy (non-hydrogen) atoms. The number of carbonyl (C=O) groups excluding carboxylic acids is 1. The van der Waals surface area contributed by atoms with Gasteiger partial charge in [0.05, 0.1) is 6.61 Å². The number of ether oxygens (including phenoxy) is 3. The molecule has 0 aromatic carbocycles. The van der Waals surface area contributed by atoms with Crippen molar-refractivity contribution in [2.75, 3.05) is 13.2 Å². The second-order valence-corrected chi connectivity index (χ2v) is 5.92. The first-order chi connectivity index (χ1) is 10.2. The van der Waals surface area contributed by atoms with Crippen molar-refractivity contribution in [3.63, 3.8) is 0 Å². The van der Waals surface area contributed by atoms with E-state index in [0.29, 0.717) is 19.6 Å². The van der Waals surface area contributed by atoms with Crippen molar-refractivity contribution in [1.82, 2.24) is 0 Å². The lowest BCUT2D eigenvalue weighted by molar-refractivity contribution is -0.147. The Kier molecular flexibility index (Phi) is 10.5. The molecule has 1 aliphatic heterocycles. The molecule has 124 valence electrons. The number of rotatable bonds is 12. The summed E-state index contributed by atoms with van der Waals surface area (Å²) in [6.07, 6.45) is 11.6. The lowest BCUT2D eigenvalue weighted by Crippen LogP contribution is -2.21. The van der Waals surface area contributed by atoms with Crippen LogP contribution in [-0.4, -0.2) is 31.6 Å². The minimum absolute atomic E-state index is 0.0907. The van der Waals surface area contributed by atoms with E-state index in [1.54, 1.807) is 0 Å². The van der Waals surface area contributed by atoms with E-state index in [4.69, 9.17) is 14.2 Å². The van der Waals surface area contributed by atoms with Gasteiger partial charge in [-0.2, -0.15) is 0 Å². The molecule has 0 aliphatic carbocycles. The Balaban J connectivity index is 1.83. The third-order valence-corrected chi connectivity index (χ3v) is 3.82. The van der Waals surface area contributed by atoms with Gasteiger partial charge in [-0.25, -0.2) is 0 Å². The van der Waals surface area contributed by atoms with E-state index in [1.807, 2.05) is 6.92 Å². The topological polar surface area (TPSA) is 44.8 Å². The second-order valence-electron chi connectivity index (χ2n) is 5.92. The SMILES string of the molecule is CCCCCCCCCCCC(=O)OCC1COC(C)O1. The zero-order chi connectivity index (χ0) is 15.3. The number of hydrogen-bond donors (Lipinski definition) is 0. The molecule has 0 spiro atoms. The average Bonchev–Trinajstić information content (AvgIpc) is 2.89. The van der Waals surface area contributed by atoms with Crippen LogP contribution in [-0.2, 0) is 19.0 Å². The van der Waals surface area contributed by atoms with E-state index in [9.17, 15) is 4.79 Å². The summed E-state index contributed by atoms with van der Waals surface area (Å²) in [5, 5.41) is 0. The van der Waals surface area contributed by atoms with E-state index < -0.39 is 0 Å². The molecule has 0 bridgehead atoms. The van der Waals surface area contributed by atoms with Gasteiger partial charge in [-0.1, -0.05) is 58.3 Å². The quantitative estimate of drug-likeness (QED) is 0.400. The monoisotopic (exact) mass is 300 g/mol. The largest absolute Gasteiger partial charge is 0.463 e. The zero-order valence-electron chi connectivity index (χ0n) is 13.8. The predicted octanol–water partition coefficient (Wildman–Crippen LogP) is 4.21. The summed E-state index contributed by atoms with van der Waals surface area (Å²) in [6, 6.07) is 0. The van der Waals surface area contributed by atoms with Crippen molar-refractivity contribution in [1.29, 1.82) is 0 Å². The van der Waals surface area contributed by atoms with Gasteiger partial charge in [-0.05, 0) is 13.3 Å². The Bertz CT molecular complexity index is 268. The van der Waals surface area contributed by atoms with Crippen LogP contribution in [0.1, 0.15) is 78.1 Å². The van der Waals surface area contributed by atoms with Crippen LogP contribution in [0.25, 0.3) is 0 Å². The second kappa shape index (κ2) is 12.0. The normalized spacial score (nSPS) is 21.6. The van der Waals surface area contributed by atoms with Crippen molar-refractivity contribution in [3.8, 4) is 0 Å². The highest BCUT2D eigenvalue weighted by atomic mass is 16.7. The molecule has 2 atom stereocenters. The molecule has 0 aromatic rings. The first-order valence-corrected chi connectivity index (χ1v) is 8.65. The number of hydrogen-bond acceptors (Lipinski definition) is 4. The van der Waals surface area contributed by atoms with Gasteiger partial charge in [0.15, 0.2) is 6.29 Å². The fourth-order valence-corrected chi connectivity index (χ4v) is 2.52. The maximum absolute atomic E-state index is 11.6. The minimum atomic E-state index is -0.175. The Morgan fingerprint density at radius 2 is 1.67 bits per heavy atom. The summed E-state index contributed by atoms with van der Waals surface area (Å²) in [5.41, 5.74) is 0. The van der Waals surface area contributed by atoms with E-state index in [-0.39, 0.29) is 18.4 Å². The highest BCUT2D eigenvalue weighted by Crippen LogP contribution is 2.13. The fourth-order valence-electron chi connectivity index (χ4n) is 2.52. The van der Waals surface area contributed by atoms with Crippen molar-refractivity contribution in [3.05, 3.63) is 0 Å². The lowest BCUT2D eigenvalue weighted by atomic mass is 10.1. The Morgan fingerprint density at radius 3 is 2.24 bits per heavy atom. The molecule has 0 N–H and O–H groups in total. The number of carbonyl (C=O) groups is 1. The average molecular weight is 300 g/mol. The Hall–Kier alpha value is -0.610. The van der Waals surface area contributed by atoms with Gasteiger partial charge >= 0.3 is 5.97 Å². The molecule has 1 heterocycles. The van der Waals surface area contributed by atoms with Gasteiger partial charge < -0.3 is 14.2 Å². The summed E-state index contributed by atoms with van der Waals surface area (Å²) in [6.45, 7) is 4.93. The molecular formula is C17H32O4. The molecular weight excluding hydrogens is 268 g/mol. The summed E-state index contributed by atoms with van der Waals surface area (Å²) < 4.78 is 15.9. The van der Waals surface area contributed by atoms with Crippen molar-refractivity contribution in [2.24, 2.45) is 0 Å². The Labute approximate surface area is 129 Å². The molecule has 2 unspecified atom stereocenters. The van der Waals surface area contributed by atoms with Crippen molar-refractivity contribution in [2.45, 2.75) is 90.4 Å². The summed E-state index contributed by atoms with van der Waals surface area (Å²) >= 11 is 0. The van der Waals surface area contributed by atoms with Crippen molar-refractivity contribution < 1.29 is 19.0 Å². The maximum Gasteiger partial charge on any atom is 0.305 e. The smallest absolute Gasteiger partial charge is 0.305 e. The van der Waals surface area contributed by atoms with Gasteiger partial charge in [0.2, 0.25) is 0 Å². The summed E-state index contributed by atoms with van der Waals surface area (Å²) in [4.78, 5) is 11.6. The van der Waals surface area contributed by atoms with Gasteiger partial charge in [-0.15, -0.1) is 0 Å². The molecule has 0 saturated carbocycles. The highest BCUT2D eigenvalue weighted by Gasteiger charge is 2.23. The molecule has 1 saturated heterocycles. The van der Waals surface area contributed by atoms with Gasteiger partial charge in [-0.3, -0.25) is 4.79 Å². The van der Waals surface area contributed by atoms with E-state index in [2.05, 4.69) is 6.92 Å². The van der Waals surface area contributed by atoms with Crippen LogP contribution in [0.15, 0.2) is 0 Å². The Morgan fingerprint density at radius 1 is 1.05 bits per heavy atom. The molecule has 1 fully saturated rings. The third-order valence-electron chi connectivity index (χ3n) is 3.82. The van der Waals surface area contributed by atoms with Crippen LogP contribution in [0.3, 0.4) is 0 Å². The van der Waals surface area contributed by atoms with Gasteiger partial charge in [0.1, 0.15) is 12.7 Å². The van der Waals surface area contributed by atoms with Crippen LogP contribution in [0.5, 0.6) is 0 Å². The molecule has 1 rings (SSSR count). The van der Waals surface area contributed by atoms with Crippen LogP contribution >= 0.6 is 0 Å². The molecule has 0 radical (unpaired) electrons. The number of unbranched alkanes of at least 4 members (excludes halogenated alkanes) is 8. The van der Waals surface area contributed by atoms with Crippen LogP contribution in [0, 0.1) is 0 Å². The van der Waals surface area contributed by atoms with Crippen LogP contribution in [0.2, 0.25) is 0 Å².